The average molecular weight is 377 g/mol. The summed E-state index contributed by atoms with van der Waals surface area (Å²) < 4.78 is 37.3. The third-order valence-corrected chi connectivity index (χ3v) is 3.74. The molecule has 0 aliphatic heterocycles. The van der Waals surface area contributed by atoms with Gasteiger partial charge in [-0.3, -0.25) is 10.1 Å². The fourth-order valence-corrected chi connectivity index (χ4v) is 2.42. The van der Waals surface area contributed by atoms with E-state index in [0.717, 1.165) is 23.8 Å². The molecule has 2 aromatic rings. The van der Waals surface area contributed by atoms with Crippen molar-refractivity contribution in [1.29, 1.82) is 0 Å². The Balaban J connectivity index is 1.74. The first-order valence-corrected chi connectivity index (χ1v) is 8.57. The van der Waals surface area contributed by atoms with Crippen molar-refractivity contribution in [2.24, 2.45) is 0 Å². The third kappa shape index (κ3) is 6.45. The molecule has 5 nitrogen and oxygen atoms in total. The molecule has 0 bridgehead atoms. The van der Waals surface area contributed by atoms with Gasteiger partial charge in [0.25, 0.3) is 0 Å². The van der Waals surface area contributed by atoms with E-state index in [2.05, 4.69) is 0 Å². The van der Waals surface area contributed by atoms with Crippen LogP contribution in [0.1, 0.15) is 30.9 Å². The highest BCUT2D eigenvalue weighted by atomic mass is 19.1. The number of ether oxygens (including phenoxy) is 2. The topological polar surface area (TPSA) is 61.6 Å². The van der Waals surface area contributed by atoms with Crippen molar-refractivity contribution in [1.82, 2.24) is 0 Å². The van der Waals surface area contributed by atoms with E-state index in [0.29, 0.717) is 26.1 Å². The van der Waals surface area contributed by atoms with E-state index in [1.807, 2.05) is 6.92 Å². The molecule has 0 radical (unpaired) electrons. The lowest BCUT2D eigenvalue weighted by Crippen LogP contribution is -2.03. The largest absolute Gasteiger partial charge is 0.487 e. The number of unbranched alkanes of at least 4 members (excludes halogenated alkanes) is 1. The molecule has 2 aromatic carbocycles. The molecule has 0 heterocycles. The Bertz CT molecular complexity index is 809. The third-order valence-electron chi connectivity index (χ3n) is 3.74. The van der Waals surface area contributed by atoms with Gasteiger partial charge in [0.1, 0.15) is 11.6 Å². The Labute approximate surface area is 156 Å². The highest BCUT2D eigenvalue weighted by molar-refractivity contribution is 5.58. The van der Waals surface area contributed by atoms with Gasteiger partial charge < -0.3 is 9.47 Å². The standard InChI is InChI=1S/C20H21F2NO4/c1-2-5-15-6-9-20(19(12-15)23(24)25)27-11-4-3-10-26-14-16-13-17(21)7-8-18(16)22/h2,5-9,12-13H,3-4,10-11,14H2,1H3/b5-2+. The van der Waals surface area contributed by atoms with E-state index < -0.39 is 16.6 Å². The molecule has 0 N–H and O–H groups in total. The van der Waals surface area contributed by atoms with Gasteiger partial charge in [-0.25, -0.2) is 8.78 Å². The van der Waals surface area contributed by atoms with Crippen LogP contribution >= 0.6 is 0 Å². The first-order chi connectivity index (χ1) is 13.0. The fourth-order valence-electron chi connectivity index (χ4n) is 2.42. The number of nitrogens with zero attached hydrogens (tertiary/aromatic N) is 1. The lowest BCUT2D eigenvalue weighted by Gasteiger charge is -2.08. The monoisotopic (exact) mass is 377 g/mol. The predicted molar refractivity (Wildman–Crippen MR) is 98.5 cm³/mol. The number of nitro benzene ring substituents is 1. The van der Waals surface area contributed by atoms with Gasteiger partial charge in [-0.15, -0.1) is 0 Å². The fraction of sp³-hybridized carbons (Fsp3) is 0.300. The van der Waals surface area contributed by atoms with E-state index in [9.17, 15) is 18.9 Å². The Hall–Kier alpha value is -2.80. The van der Waals surface area contributed by atoms with Crippen molar-refractivity contribution < 1.29 is 23.2 Å². The summed E-state index contributed by atoms with van der Waals surface area (Å²) in [7, 11) is 0. The summed E-state index contributed by atoms with van der Waals surface area (Å²) in [4.78, 5) is 10.7. The van der Waals surface area contributed by atoms with E-state index >= 15 is 0 Å². The first-order valence-electron chi connectivity index (χ1n) is 8.57. The van der Waals surface area contributed by atoms with Gasteiger partial charge >= 0.3 is 5.69 Å². The highest BCUT2D eigenvalue weighted by Crippen LogP contribution is 2.28. The SMILES string of the molecule is C/C=C/c1ccc(OCCCCOCc2cc(F)ccc2F)c([N+](=O)[O-])c1. The second-order valence-corrected chi connectivity index (χ2v) is 5.83. The summed E-state index contributed by atoms with van der Waals surface area (Å²) in [5.74, 6) is -0.796. The molecule has 0 fully saturated rings. The van der Waals surface area contributed by atoms with Crippen molar-refractivity contribution in [2.45, 2.75) is 26.4 Å². The summed E-state index contributed by atoms with van der Waals surface area (Å²) in [6, 6.07) is 8.02. The summed E-state index contributed by atoms with van der Waals surface area (Å²) in [5.41, 5.74) is 0.820. The zero-order valence-electron chi connectivity index (χ0n) is 15.0. The van der Waals surface area contributed by atoms with Crippen LogP contribution < -0.4 is 4.74 Å². The van der Waals surface area contributed by atoms with Crippen LogP contribution in [0.2, 0.25) is 0 Å². The second-order valence-electron chi connectivity index (χ2n) is 5.83. The van der Waals surface area contributed by atoms with Crippen molar-refractivity contribution in [3.05, 3.63) is 75.3 Å². The van der Waals surface area contributed by atoms with E-state index in [-0.39, 0.29) is 23.6 Å². The van der Waals surface area contributed by atoms with Crippen LogP contribution in [0.4, 0.5) is 14.5 Å². The quantitative estimate of drug-likeness (QED) is 0.321. The zero-order valence-corrected chi connectivity index (χ0v) is 15.0. The molecule has 2 rings (SSSR count). The maximum Gasteiger partial charge on any atom is 0.311 e. The minimum absolute atomic E-state index is 0.0116. The van der Waals surface area contributed by atoms with Gasteiger partial charge in [0, 0.05) is 18.2 Å². The van der Waals surface area contributed by atoms with Crippen LogP contribution in [0, 0.1) is 21.7 Å². The van der Waals surface area contributed by atoms with E-state index in [1.165, 1.54) is 6.07 Å². The smallest absolute Gasteiger partial charge is 0.311 e. The number of hydrogen-bond acceptors (Lipinski definition) is 4. The summed E-state index contributed by atoms with van der Waals surface area (Å²) in [6.45, 7) is 2.46. The molecule has 0 aliphatic rings. The number of benzene rings is 2. The lowest BCUT2D eigenvalue weighted by molar-refractivity contribution is -0.385. The van der Waals surface area contributed by atoms with Crippen LogP contribution in [0.5, 0.6) is 5.75 Å². The number of allylic oxidation sites excluding steroid dienone is 1. The molecular formula is C20H21F2NO4. The maximum atomic E-state index is 13.4. The molecule has 0 spiro atoms. The Morgan fingerprint density at radius 1 is 1.11 bits per heavy atom. The van der Waals surface area contributed by atoms with Gasteiger partial charge in [0.2, 0.25) is 0 Å². The molecule has 144 valence electrons. The average Bonchev–Trinajstić information content (AvgIpc) is 2.64. The van der Waals surface area contributed by atoms with Gasteiger partial charge in [0.05, 0.1) is 18.1 Å². The van der Waals surface area contributed by atoms with Crippen LogP contribution in [0.15, 0.2) is 42.5 Å². The minimum Gasteiger partial charge on any atom is -0.487 e. The van der Waals surface area contributed by atoms with Crippen molar-refractivity contribution in [2.75, 3.05) is 13.2 Å². The molecule has 0 aromatic heterocycles. The molecule has 27 heavy (non-hydrogen) atoms. The van der Waals surface area contributed by atoms with Gasteiger partial charge in [-0.2, -0.15) is 0 Å². The Kier molecular flexibility index (Phi) is 7.88. The molecule has 0 saturated heterocycles. The molecule has 7 heteroatoms. The molecule has 0 unspecified atom stereocenters. The van der Waals surface area contributed by atoms with Crippen molar-refractivity contribution in [3.63, 3.8) is 0 Å². The Morgan fingerprint density at radius 3 is 2.63 bits per heavy atom. The van der Waals surface area contributed by atoms with Gasteiger partial charge in [-0.1, -0.05) is 18.2 Å². The summed E-state index contributed by atoms with van der Waals surface area (Å²) in [5, 5.41) is 11.2. The van der Waals surface area contributed by atoms with Crippen molar-refractivity contribution >= 4 is 11.8 Å². The van der Waals surface area contributed by atoms with Crippen molar-refractivity contribution in [3.8, 4) is 5.75 Å². The molecular weight excluding hydrogens is 356 g/mol. The maximum absolute atomic E-state index is 13.4. The normalized spacial score (nSPS) is 11.1. The van der Waals surface area contributed by atoms with E-state index in [1.54, 1.807) is 24.3 Å². The number of nitro groups is 1. The summed E-state index contributed by atoms with van der Waals surface area (Å²) >= 11 is 0. The summed E-state index contributed by atoms with van der Waals surface area (Å²) in [6.07, 6.45) is 4.81. The molecule has 0 amide bonds. The minimum atomic E-state index is -0.509. The number of halogens is 2. The van der Waals surface area contributed by atoms with Crippen LogP contribution in [0.3, 0.4) is 0 Å². The highest BCUT2D eigenvalue weighted by Gasteiger charge is 2.15. The lowest BCUT2D eigenvalue weighted by atomic mass is 10.2. The van der Waals surface area contributed by atoms with Gasteiger partial charge in [0.15, 0.2) is 5.75 Å². The number of rotatable bonds is 10. The molecule has 0 atom stereocenters. The predicted octanol–water partition coefficient (Wildman–Crippen LogP) is 5.28. The van der Waals surface area contributed by atoms with Crippen LogP contribution in [0.25, 0.3) is 6.08 Å². The van der Waals surface area contributed by atoms with Gasteiger partial charge in [-0.05, 0) is 49.6 Å². The molecule has 0 saturated carbocycles. The zero-order chi connectivity index (χ0) is 19.6. The van der Waals surface area contributed by atoms with Crippen LogP contribution in [-0.2, 0) is 11.3 Å². The second kappa shape index (κ2) is 10.4. The van der Waals surface area contributed by atoms with E-state index in [4.69, 9.17) is 9.47 Å². The van der Waals surface area contributed by atoms with Crippen LogP contribution in [-0.4, -0.2) is 18.1 Å². The first kappa shape index (κ1) is 20.5. The molecule has 0 aliphatic carbocycles. The Morgan fingerprint density at radius 2 is 1.89 bits per heavy atom. The number of hydrogen-bond donors (Lipinski definition) is 0.